The van der Waals surface area contributed by atoms with Crippen molar-refractivity contribution in [3.63, 3.8) is 0 Å². The van der Waals surface area contributed by atoms with Crippen molar-refractivity contribution in [1.29, 1.82) is 0 Å². The van der Waals surface area contributed by atoms with Crippen LogP contribution in [0.2, 0.25) is 0 Å². The monoisotopic (exact) mass is 196 g/mol. The van der Waals surface area contributed by atoms with Crippen molar-refractivity contribution >= 4 is 11.9 Å². The molecule has 0 spiro atoms. The van der Waals surface area contributed by atoms with Gasteiger partial charge in [0.05, 0.1) is 25.2 Å². The summed E-state index contributed by atoms with van der Waals surface area (Å²) in [4.78, 5) is 18.0. The molecule has 2 N–H and O–H groups in total. The zero-order chi connectivity index (χ0) is 8.57. The largest absolute Gasteiger partial charge is 1.00 e. The van der Waals surface area contributed by atoms with Gasteiger partial charge in [-0.1, -0.05) is 0 Å². The summed E-state index contributed by atoms with van der Waals surface area (Å²) in [6, 6.07) is 0. The van der Waals surface area contributed by atoms with Gasteiger partial charge in [-0.15, -0.1) is 0 Å². The van der Waals surface area contributed by atoms with Crippen LogP contribution in [0.4, 0.5) is 0 Å². The number of aliphatic carboxylic acids is 2. The molecule has 8 heteroatoms. The summed E-state index contributed by atoms with van der Waals surface area (Å²) in [6.45, 7) is -1.78. The minimum Gasteiger partial charge on any atom is -0.548 e. The minimum absolute atomic E-state index is 0. The smallest absolute Gasteiger partial charge is 0.548 e. The van der Waals surface area contributed by atoms with Gasteiger partial charge in [0.1, 0.15) is 0 Å². The molecule has 0 radical (unpaired) electrons. The van der Waals surface area contributed by atoms with E-state index >= 15 is 0 Å². The molecule has 0 bridgehead atoms. The zero-order valence-corrected chi connectivity index (χ0v) is 10.1. The summed E-state index contributed by atoms with van der Waals surface area (Å²) in [5.74, 6) is -2.88. The number of aliphatic hydroxyl groups is 2. The normalized spacial score (nSPS) is 6.17. The SMILES string of the molecule is O=C([O-])CO.O=C([O-])CO.[K+].[Li+]. The molecule has 0 saturated heterocycles. The van der Waals surface area contributed by atoms with Crippen LogP contribution in [0.15, 0.2) is 0 Å². The zero-order valence-electron chi connectivity index (χ0n) is 6.94. The molecule has 0 fully saturated rings. The van der Waals surface area contributed by atoms with Gasteiger partial charge >= 0.3 is 70.2 Å². The topological polar surface area (TPSA) is 121 Å². The van der Waals surface area contributed by atoms with E-state index in [1.54, 1.807) is 0 Å². The number of carboxylic acid groups (broad SMARTS) is 2. The standard InChI is InChI=1S/2C2H4O3.K.Li/c2*3-1-2(4)5;;/h2*3H,1H2,(H,4,5);;/q;;2*+1/p-2. The quantitative estimate of drug-likeness (QED) is 0.423. The number of carboxylic acids is 2. The number of hydrogen-bond acceptors (Lipinski definition) is 6. The summed E-state index contributed by atoms with van der Waals surface area (Å²) in [7, 11) is 0. The Morgan fingerprint density at radius 2 is 1.08 bits per heavy atom. The Morgan fingerprint density at radius 1 is 1.00 bits per heavy atom. The molecule has 0 heterocycles. The van der Waals surface area contributed by atoms with Crippen LogP contribution < -0.4 is 80.5 Å². The van der Waals surface area contributed by atoms with Gasteiger partial charge < -0.3 is 30.0 Å². The third-order valence-corrected chi connectivity index (χ3v) is 0.258. The van der Waals surface area contributed by atoms with E-state index in [-0.39, 0.29) is 70.2 Å². The Balaban J connectivity index is -0.0000000457. The predicted octanol–water partition coefficient (Wildman–Crippen LogP) is -10.5. The number of carbonyl (C=O) groups excluding carboxylic acids is 2. The molecule has 0 aromatic carbocycles. The van der Waals surface area contributed by atoms with Crippen LogP contribution in [0.25, 0.3) is 0 Å². The van der Waals surface area contributed by atoms with Crippen molar-refractivity contribution in [3.05, 3.63) is 0 Å². The van der Waals surface area contributed by atoms with Crippen LogP contribution in [0.3, 0.4) is 0 Å². The molecule has 0 aromatic rings. The van der Waals surface area contributed by atoms with Crippen LogP contribution in [0.1, 0.15) is 0 Å². The van der Waals surface area contributed by atoms with E-state index < -0.39 is 25.2 Å². The van der Waals surface area contributed by atoms with Crippen molar-refractivity contribution in [1.82, 2.24) is 0 Å². The van der Waals surface area contributed by atoms with Gasteiger partial charge in [0.15, 0.2) is 0 Å². The first-order chi connectivity index (χ1) is 4.54. The Labute approximate surface area is 124 Å². The van der Waals surface area contributed by atoms with E-state index in [4.69, 9.17) is 30.0 Å². The van der Waals surface area contributed by atoms with Gasteiger partial charge in [0.2, 0.25) is 0 Å². The van der Waals surface area contributed by atoms with Gasteiger partial charge in [0, 0.05) is 0 Å². The molecule has 60 valence electrons. The van der Waals surface area contributed by atoms with E-state index in [0.717, 1.165) is 0 Å². The fourth-order valence-electron chi connectivity index (χ4n) is 0. The van der Waals surface area contributed by atoms with Gasteiger partial charge in [-0.2, -0.15) is 0 Å². The summed E-state index contributed by atoms with van der Waals surface area (Å²) in [6.07, 6.45) is 0. The Kier molecular flexibility index (Phi) is 34.7. The van der Waals surface area contributed by atoms with E-state index in [9.17, 15) is 0 Å². The van der Waals surface area contributed by atoms with Crippen LogP contribution in [0.5, 0.6) is 0 Å². The average molecular weight is 196 g/mol. The molecule has 0 atom stereocenters. The molecule has 6 nitrogen and oxygen atoms in total. The summed E-state index contributed by atoms with van der Waals surface area (Å²) in [5.41, 5.74) is 0. The van der Waals surface area contributed by atoms with Gasteiger partial charge in [-0.05, 0) is 0 Å². The third-order valence-electron chi connectivity index (χ3n) is 0.258. The summed E-state index contributed by atoms with van der Waals surface area (Å²) >= 11 is 0. The summed E-state index contributed by atoms with van der Waals surface area (Å²) in [5, 5.41) is 33.0. The molecular weight excluding hydrogens is 190 g/mol. The molecule has 0 aliphatic carbocycles. The van der Waals surface area contributed by atoms with E-state index in [1.165, 1.54) is 0 Å². The van der Waals surface area contributed by atoms with Gasteiger partial charge in [-0.25, -0.2) is 0 Å². The summed E-state index contributed by atoms with van der Waals surface area (Å²) < 4.78 is 0. The fourth-order valence-corrected chi connectivity index (χ4v) is 0. The number of rotatable bonds is 2. The molecule has 0 aromatic heterocycles. The maximum absolute atomic E-state index is 9.01. The molecule has 0 aliphatic rings. The third kappa shape index (κ3) is 43.6. The second-order valence-electron chi connectivity index (χ2n) is 1.06. The average Bonchev–Trinajstić information content (AvgIpc) is 1.89. The Morgan fingerprint density at radius 3 is 1.08 bits per heavy atom. The van der Waals surface area contributed by atoms with Crippen molar-refractivity contribution in [2.24, 2.45) is 0 Å². The maximum Gasteiger partial charge on any atom is 1.00 e. The van der Waals surface area contributed by atoms with Crippen LogP contribution in [-0.4, -0.2) is 35.4 Å². The number of carbonyl (C=O) groups is 2. The molecular formula is C4H6KLiO6. The van der Waals surface area contributed by atoms with Crippen LogP contribution >= 0.6 is 0 Å². The maximum atomic E-state index is 9.01. The van der Waals surface area contributed by atoms with Crippen LogP contribution in [0, 0.1) is 0 Å². The second kappa shape index (κ2) is 18.0. The minimum atomic E-state index is -1.44. The molecule has 0 amide bonds. The van der Waals surface area contributed by atoms with Crippen molar-refractivity contribution in [2.45, 2.75) is 0 Å². The second-order valence-corrected chi connectivity index (χ2v) is 1.06. The Hall–Kier alpha value is 1.09. The van der Waals surface area contributed by atoms with Gasteiger partial charge in [0.25, 0.3) is 0 Å². The van der Waals surface area contributed by atoms with E-state index in [2.05, 4.69) is 0 Å². The van der Waals surface area contributed by atoms with Crippen molar-refractivity contribution < 1.29 is 100 Å². The molecule has 12 heavy (non-hydrogen) atoms. The molecule has 0 unspecified atom stereocenters. The van der Waals surface area contributed by atoms with Crippen molar-refractivity contribution in [3.8, 4) is 0 Å². The van der Waals surface area contributed by atoms with Crippen LogP contribution in [-0.2, 0) is 9.59 Å². The first-order valence-corrected chi connectivity index (χ1v) is 2.16. The number of hydrogen-bond donors (Lipinski definition) is 2. The predicted molar refractivity (Wildman–Crippen MR) is 24.2 cm³/mol. The first-order valence-electron chi connectivity index (χ1n) is 2.16. The Bertz CT molecular complexity index is 104. The van der Waals surface area contributed by atoms with Crippen molar-refractivity contribution in [2.75, 3.05) is 13.2 Å². The molecule has 0 saturated carbocycles. The van der Waals surface area contributed by atoms with E-state index in [0.29, 0.717) is 0 Å². The fraction of sp³-hybridized carbons (Fsp3) is 0.500. The first kappa shape index (κ1) is 23.2. The van der Waals surface area contributed by atoms with Gasteiger partial charge in [-0.3, -0.25) is 0 Å². The molecule has 0 rings (SSSR count). The van der Waals surface area contributed by atoms with E-state index in [1.807, 2.05) is 0 Å². The molecule has 0 aliphatic heterocycles. The number of aliphatic hydroxyl groups excluding tert-OH is 2.